The van der Waals surface area contributed by atoms with Crippen LogP contribution in [0, 0.1) is 0 Å². The monoisotopic (exact) mass is 269 g/mol. The number of hydrogen-bond donors (Lipinski definition) is 2. The van der Waals surface area contributed by atoms with Crippen LogP contribution >= 0.6 is 15.9 Å². The van der Waals surface area contributed by atoms with Gasteiger partial charge in [0, 0.05) is 18.7 Å². The number of aromatic hydroxyl groups is 1. The number of benzene rings is 1. The van der Waals surface area contributed by atoms with E-state index in [0.717, 1.165) is 16.6 Å². The van der Waals surface area contributed by atoms with Gasteiger partial charge in [-0.3, -0.25) is 0 Å². The fraction of sp³-hybridized carbons (Fsp3) is 0.333. The average Bonchev–Trinajstić information content (AvgIpc) is 2.18. The first-order chi connectivity index (χ1) is 7.11. The maximum Gasteiger partial charge on any atom is 0.134 e. The fourth-order valence-corrected chi connectivity index (χ4v) is 1.59. The maximum absolute atomic E-state index is 9.70. The Kier molecular flexibility index (Phi) is 4.85. The highest BCUT2D eigenvalue weighted by Gasteiger charge is 2.02. The Hall–Kier alpha value is -0.800. The smallest absolute Gasteiger partial charge is 0.134 e. The van der Waals surface area contributed by atoms with Crippen LogP contribution < -0.4 is 5.32 Å². The zero-order chi connectivity index (χ0) is 11.3. The molecule has 1 aromatic carbocycles. The first-order valence-corrected chi connectivity index (χ1v) is 5.71. The molecule has 0 amide bonds. The van der Waals surface area contributed by atoms with Gasteiger partial charge in [0.1, 0.15) is 5.75 Å². The standard InChI is InChI=1S/C12H16BrNO/c1-9(2)6-7-14-8-10-4-3-5-11(13)12(10)15/h3-6,14-15H,7-8H2,1-2H3. The number of halogens is 1. The van der Waals surface area contributed by atoms with Gasteiger partial charge >= 0.3 is 0 Å². The molecule has 0 aliphatic carbocycles. The molecule has 0 aliphatic rings. The predicted octanol–water partition coefficient (Wildman–Crippen LogP) is 3.21. The molecule has 0 radical (unpaired) electrons. The van der Waals surface area contributed by atoms with Crippen molar-refractivity contribution in [1.29, 1.82) is 0 Å². The van der Waals surface area contributed by atoms with Crippen molar-refractivity contribution < 1.29 is 5.11 Å². The van der Waals surface area contributed by atoms with E-state index in [2.05, 4.69) is 41.2 Å². The third-order valence-corrected chi connectivity index (χ3v) is 2.68. The van der Waals surface area contributed by atoms with Gasteiger partial charge in [-0.15, -0.1) is 0 Å². The van der Waals surface area contributed by atoms with Crippen LogP contribution in [0.3, 0.4) is 0 Å². The van der Waals surface area contributed by atoms with E-state index in [4.69, 9.17) is 0 Å². The number of hydrogen-bond acceptors (Lipinski definition) is 2. The summed E-state index contributed by atoms with van der Waals surface area (Å²) in [5.74, 6) is 0.321. The number of nitrogens with one attached hydrogen (secondary N) is 1. The molecular weight excluding hydrogens is 254 g/mol. The summed E-state index contributed by atoms with van der Waals surface area (Å²) in [6, 6.07) is 5.66. The predicted molar refractivity (Wildman–Crippen MR) is 66.9 cm³/mol. The van der Waals surface area contributed by atoms with Gasteiger partial charge in [-0.05, 0) is 35.8 Å². The second-order valence-electron chi connectivity index (χ2n) is 3.66. The van der Waals surface area contributed by atoms with Crippen LogP contribution in [0.5, 0.6) is 5.75 Å². The van der Waals surface area contributed by atoms with Gasteiger partial charge in [0.15, 0.2) is 0 Å². The van der Waals surface area contributed by atoms with Crippen molar-refractivity contribution in [2.45, 2.75) is 20.4 Å². The summed E-state index contributed by atoms with van der Waals surface area (Å²) >= 11 is 3.29. The Labute approximate surface area is 99.1 Å². The summed E-state index contributed by atoms with van der Waals surface area (Å²) in [5.41, 5.74) is 2.20. The molecule has 0 heterocycles. The van der Waals surface area contributed by atoms with Gasteiger partial charge in [-0.2, -0.15) is 0 Å². The van der Waals surface area contributed by atoms with Crippen molar-refractivity contribution in [3.63, 3.8) is 0 Å². The van der Waals surface area contributed by atoms with Gasteiger partial charge in [0.05, 0.1) is 4.47 Å². The molecule has 0 spiro atoms. The minimum Gasteiger partial charge on any atom is -0.506 e. The van der Waals surface area contributed by atoms with Gasteiger partial charge in [0.25, 0.3) is 0 Å². The third kappa shape index (κ3) is 4.06. The highest BCUT2D eigenvalue weighted by atomic mass is 79.9. The number of phenolic OH excluding ortho intramolecular Hbond substituents is 1. The minimum atomic E-state index is 0.321. The van der Waals surface area contributed by atoms with E-state index in [1.807, 2.05) is 18.2 Å². The lowest BCUT2D eigenvalue weighted by molar-refractivity contribution is 0.462. The van der Waals surface area contributed by atoms with Crippen LogP contribution in [-0.2, 0) is 6.54 Å². The average molecular weight is 270 g/mol. The van der Waals surface area contributed by atoms with E-state index in [0.29, 0.717) is 12.3 Å². The maximum atomic E-state index is 9.70. The molecule has 2 nitrogen and oxygen atoms in total. The number of para-hydroxylation sites is 1. The minimum absolute atomic E-state index is 0.321. The topological polar surface area (TPSA) is 32.3 Å². The van der Waals surface area contributed by atoms with E-state index in [1.165, 1.54) is 5.57 Å². The lowest BCUT2D eigenvalue weighted by Crippen LogP contribution is -2.13. The van der Waals surface area contributed by atoms with Crippen molar-refractivity contribution in [2.24, 2.45) is 0 Å². The van der Waals surface area contributed by atoms with Crippen molar-refractivity contribution in [3.8, 4) is 5.75 Å². The molecule has 1 aromatic rings. The summed E-state index contributed by atoms with van der Waals surface area (Å²) in [6.45, 7) is 5.64. The van der Waals surface area contributed by atoms with Gasteiger partial charge in [-0.25, -0.2) is 0 Å². The summed E-state index contributed by atoms with van der Waals surface area (Å²) in [6.07, 6.45) is 2.12. The molecule has 0 fully saturated rings. The lowest BCUT2D eigenvalue weighted by Gasteiger charge is -2.06. The SMILES string of the molecule is CC(C)=CCNCc1cccc(Br)c1O. The van der Waals surface area contributed by atoms with Gasteiger partial charge in [-0.1, -0.05) is 23.8 Å². The van der Waals surface area contributed by atoms with Crippen LogP contribution in [0.15, 0.2) is 34.3 Å². The van der Waals surface area contributed by atoms with Crippen molar-refractivity contribution in [2.75, 3.05) is 6.54 Å². The molecular formula is C12H16BrNO. The van der Waals surface area contributed by atoms with Crippen molar-refractivity contribution in [3.05, 3.63) is 39.9 Å². The second kappa shape index (κ2) is 5.93. The third-order valence-electron chi connectivity index (χ3n) is 2.04. The molecule has 0 aliphatic heterocycles. The molecule has 0 saturated heterocycles. The number of allylic oxidation sites excluding steroid dienone is 1. The zero-order valence-corrected chi connectivity index (χ0v) is 10.6. The molecule has 15 heavy (non-hydrogen) atoms. The molecule has 0 atom stereocenters. The molecule has 3 heteroatoms. The molecule has 2 N–H and O–H groups in total. The first kappa shape index (κ1) is 12.3. The zero-order valence-electron chi connectivity index (χ0n) is 9.05. The van der Waals surface area contributed by atoms with E-state index in [-0.39, 0.29) is 0 Å². The number of phenols is 1. The molecule has 0 saturated carbocycles. The van der Waals surface area contributed by atoms with Crippen LogP contribution in [-0.4, -0.2) is 11.7 Å². The largest absolute Gasteiger partial charge is 0.506 e. The highest BCUT2D eigenvalue weighted by Crippen LogP contribution is 2.26. The summed E-state index contributed by atoms with van der Waals surface area (Å²) in [7, 11) is 0. The quantitative estimate of drug-likeness (QED) is 0.650. The fourth-order valence-electron chi connectivity index (χ4n) is 1.19. The second-order valence-corrected chi connectivity index (χ2v) is 4.51. The van der Waals surface area contributed by atoms with Crippen molar-refractivity contribution >= 4 is 15.9 Å². The summed E-state index contributed by atoms with van der Waals surface area (Å²) < 4.78 is 0.740. The summed E-state index contributed by atoms with van der Waals surface area (Å²) in [4.78, 5) is 0. The molecule has 0 bridgehead atoms. The molecule has 82 valence electrons. The lowest BCUT2D eigenvalue weighted by atomic mass is 10.2. The van der Waals surface area contributed by atoms with E-state index >= 15 is 0 Å². The van der Waals surface area contributed by atoms with Crippen LogP contribution in [0.4, 0.5) is 0 Å². The van der Waals surface area contributed by atoms with Crippen LogP contribution in [0.25, 0.3) is 0 Å². The molecule has 0 aromatic heterocycles. The molecule has 1 rings (SSSR count). The van der Waals surface area contributed by atoms with Crippen molar-refractivity contribution in [1.82, 2.24) is 5.32 Å². The number of rotatable bonds is 4. The van der Waals surface area contributed by atoms with Crippen LogP contribution in [0.2, 0.25) is 0 Å². The van der Waals surface area contributed by atoms with Crippen LogP contribution in [0.1, 0.15) is 19.4 Å². The van der Waals surface area contributed by atoms with E-state index in [1.54, 1.807) is 0 Å². The highest BCUT2D eigenvalue weighted by molar-refractivity contribution is 9.10. The Morgan fingerprint density at radius 1 is 1.47 bits per heavy atom. The Morgan fingerprint density at radius 2 is 2.20 bits per heavy atom. The molecule has 0 unspecified atom stereocenters. The van der Waals surface area contributed by atoms with Gasteiger partial charge < -0.3 is 10.4 Å². The normalized spacial score (nSPS) is 10.1. The van der Waals surface area contributed by atoms with E-state index < -0.39 is 0 Å². The Bertz CT molecular complexity index is 357. The Balaban J connectivity index is 2.51. The first-order valence-electron chi connectivity index (χ1n) is 4.91. The Morgan fingerprint density at radius 3 is 2.87 bits per heavy atom. The van der Waals surface area contributed by atoms with Gasteiger partial charge in [0.2, 0.25) is 0 Å². The van der Waals surface area contributed by atoms with E-state index in [9.17, 15) is 5.11 Å². The summed E-state index contributed by atoms with van der Waals surface area (Å²) in [5, 5.41) is 12.9.